The summed E-state index contributed by atoms with van der Waals surface area (Å²) in [4.78, 5) is 11.1. The highest BCUT2D eigenvalue weighted by atomic mass is 19.1. The van der Waals surface area contributed by atoms with Crippen LogP contribution in [0.15, 0.2) is 18.2 Å². The van der Waals surface area contributed by atoms with Crippen molar-refractivity contribution in [3.63, 3.8) is 0 Å². The van der Waals surface area contributed by atoms with Crippen LogP contribution in [0.2, 0.25) is 0 Å². The lowest BCUT2D eigenvalue weighted by Crippen LogP contribution is -2.06. The average molecular weight is 224 g/mol. The quantitative estimate of drug-likeness (QED) is 0.719. The molecule has 0 aliphatic heterocycles. The highest BCUT2D eigenvalue weighted by Crippen LogP contribution is 2.13. The fourth-order valence-corrected chi connectivity index (χ4v) is 1.48. The molecule has 1 aromatic rings. The topological polar surface area (TPSA) is 26.3 Å². The smallest absolute Gasteiger partial charge is 0.306 e. The number of esters is 1. The molecule has 0 atom stereocenters. The predicted octanol–water partition coefficient (Wildman–Crippen LogP) is 2.88. The Morgan fingerprint density at radius 3 is 2.69 bits per heavy atom. The zero-order valence-electron chi connectivity index (χ0n) is 9.75. The van der Waals surface area contributed by atoms with Gasteiger partial charge < -0.3 is 4.74 Å². The Hall–Kier alpha value is -1.38. The highest BCUT2D eigenvalue weighted by molar-refractivity contribution is 5.69. The molecule has 1 aromatic carbocycles. The molecule has 0 radical (unpaired) electrons. The van der Waals surface area contributed by atoms with E-state index in [1.165, 1.54) is 6.07 Å². The molecule has 0 bridgehead atoms. The molecular weight excluding hydrogens is 207 g/mol. The Balaban J connectivity index is 2.57. The summed E-state index contributed by atoms with van der Waals surface area (Å²) in [5, 5.41) is 0. The van der Waals surface area contributed by atoms with E-state index in [9.17, 15) is 9.18 Å². The Morgan fingerprint density at radius 1 is 1.38 bits per heavy atom. The predicted molar refractivity (Wildman–Crippen MR) is 60.7 cm³/mol. The number of aryl methyl sites for hydroxylation is 2. The SMILES string of the molecule is CCOC(=O)CCc1ccc(CC)cc1F. The van der Waals surface area contributed by atoms with Crippen molar-refractivity contribution in [1.82, 2.24) is 0 Å². The molecule has 0 fully saturated rings. The van der Waals surface area contributed by atoms with Gasteiger partial charge in [-0.2, -0.15) is 0 Å². The second kappa shape index (κ2) is 6.26. The Labute approximate surface area is 95.4 Å². The van der Waals surface area contributed by atoms with E-state index >= 15 is 0 Å². The van der Waals surface area contributed by atoms with E-state index in [-0.39, 0.29) is 18.2 Å². The standard InChI is InChI=1S/C13H17FO2/c1-3-10-5-6-11(12(14)9-10)7-8-13(15)16-4-2/h5-6,9H,3-4,7-8H2,1-2H3. The Kier molecular flexibility index (Phi) is 4.96. The zero-order valence-corrected chi connectivity index (χ0v) is 9.75. The van der Waals surface area contributed by atoms with Gasteiger partial charge in [0.15, 0.2) is 0 Å². The molecule has 0 N–H and O–H groups in total. The highest BCUT2D eigenvalue weighted by Gasteiger charge is 2.07. The molecule has 16 heavy (non-hydrogen) atoms. The van der Waals surface area contributed by atoms with E-state index in [1.54, 1.807) is 13.0 Å². The van der Waals surface area contributed by atoms with E-state index < -0.39 is 0 Å². The first-order chi connectivity index (χ1) is 7.67. The van der Waals surface area contributed by atoms with Gasteiger partial charge in [-0.05, 0) is 37.0 Å². The number of hydrogen-bond acceptors (Lipinski definition) is 2. The number of benzene rings is 1. The number of carbonyl (C=O) groups excluding carboxylic acids is 1. The molecule has 88 valence electrons. The van der Waals surface area contributed by atoms with Crippen molar-refractivity contribution in [3.8, 4) is 0 Å². The van der Waals surface area contributed by atoms with Crippen LogP contribution in [0.3, 0.4) is 0 Å². The number of halogens is 1. The summed E-state index contributed by atoms with van der Waals surface area (Å²) in [7, 11) is 0. The molecule has 0 aliphatic carbocycles. The molecule has 0 spiro atoms. The largest absolute Gasteiger partial charge is 0.466 e. The van der Waals surface area contributed by atoms with Gasteiger partial charge in [-0.1, -0.05) is 19.1 Å². The van der Waals surface area contributed by atoms with Crippen LogP contribution in [0, 0.1) is 5.82 Å². The summed E-state index contributed by atoms with van der Waals surface area (Å²) in [6.45, 7) is 4.11. The van der Waals surface area contributed by atoms with Crippen LogP contribution in [0.25, 0.3) is 0 Å². The first kappa shape index (κ1) is 12.7. The van der Waals surface area contributed by atoms with Crippen LogP contribution in [-0.4, -0.2) is 12.6 Å². The minimum absolute atomic E-state index is 0.232. The van der Waals surface area contributed by atoms with Gasteiger partial charge in [-0.15, -0.1) is 0 Å². The maximum atomic E-state index is 13.5. The van der Waals surface area contributed by atoms with Crippen LogP contribution >= 0.6 is 0 Å². The lowest BCUT2D eigenvalue weighted by atomic mass is 10.1. The van der Waals surface area contributed by atoms with Crippen LogP contribution in [0.5, 0.6) is 0 Å². The summed E-state index contributed by atoms with van der Waals surface area (Å²) in [6, 6.07) is 5.16. The van der Waals surface area contributed by atoms with Crippen molar-refractivity contribution in [2.24, 2.45) is 0 Å². The molecule has 1 rings (SSSR count). The van der Waals surface area contributed by atoms with Crippen LogP contribution < -0.4 is 0 Å². The monoisotopic (exact) mass is 224 g/mol. The van der Waals surface area contributed by atoms with Crippen LogP contribution in [0.4, 0.5) is 4.39 Å². The van der Waals surface area contributed by atoms with Gasteiger partial charge >= 0.3 is 5.97 Å². The Bertz CT molecular complexity index is 361. The van der Waals surface area contributed by atoms with Crippen LogP contribution in [-0.2, 0) is 22.4 Å². The molecule has 0 unspecified atom stereocenters. The third kappa shape index (κ3) is 3.65. The Morgan fingerprint density at radius 2 is 2.12 bits per heavy atom. The van der Waals surface area contributed by atoms with Gasteiger partial charge in [0.2, 0.25) is 0 Å². The molecule has 2 nitrogen and oxygen atoms in total. The van der Waals surface area contributed by atoms with E-state index in [0.717, 1.165) is 12.0 Å². The van der Waals surface area contributed by atoms with E-state index in [4.69, 9.17) is 4.74 Å². The molecule has 0 saturated carbocycles. The lowest BCUT2D eigenvalue weighted by Gasteiger charge is -2.05. The molecular formula is C13H17FO2. The van der Waals surface area contributed by atoms with Gasteiger partial charge in [0.1, 0.15) is 5.82 Å². The zero-order chi connectivity index (χ0) is 12.0. The van der Waals surface area contributed by atoms with Gasteiger partial charge in [0.05, 0.1) is 6.61 Å². The number of ether oxygens (including phenoxy) is 1. The molecule has 0 aromatic heterocycles. The minimum atomic E-state index is -0.276. The normalized spacial score (nSPS) is 10.2. The van der Waals surface area contributed by atoms with Crippen molar-refractivity contribution in [3.05, 3.63) is 35.1 Å². The van der Waals surface area contributed by atoms with Gasteiger partial charge in [-0.3, -0.25) is 4.79 Å². The van der Waals surface area contributed by atoms with E-state index in [1.807, 2.05) is 13.0 Å². The van der Waals surface area contributed by atoms with Crippen molar-refractivity contribution < 1.29 is 13.9 Å². The third-order valence-corrected chi connectivity index (χ3v) is 2.43. The van der Waals surface area contributed by atoms with Gasteiger partial charge in [0.25, 0.3) is 0 Å². The van der Waals surface area contributed by atoms with E-state index in [0.29, 0.717) is 18.6 Å². The fourth-order valence-electron chi connectivity index (χ4n) is 1.48. The molecule has 0 heterocycles. The first-order valence-corrected chi connectivity index (χ1v) is 5.60. The molecule has 0 aliphatic rings. The number of carbonyl (C=O) groups is 1. The average Bonchev–Trinajstić information content (AvgIpc) is 2.27. The molecule has 3 heteroatoms. The summed E-state index contributed by atoms with van der Waals surface area (Å²) in [5.74, 6) is -0.509. The van der Waals surface area contributed by atoms with Gasteiger partial charge in [-0.25, -0.2) is 4.39 Å². The van der Waals surface area contributed by atoms with E-state index in [2.05, 4.69) is 0 Å². The molecule has 0 amide bonds. The van der Waals surface area contributed by atoms with Crippen molar-refractivity contribution >= 4 is 5.97 Å². The fraction of sp³-hybridized carbons (Fsp3) is 0.462. The first-order valence-electron chi connectivity index (χ1n) is 5.60. The molecule has 0 saturated heterocycles. The second-order valence-corrected chi connectivity index (χ2v) is 3.58. The third-order valence-electron chi connectivity index (χ3n) is 2.43. The summed E-state index contributed by atoms with van der Waals surface area (Å²) < 4.78 is 18.3. The summed E-state index contributed by atoms with van der Waals surface area (Å²) >= 11 is 0. The van der Waals surface area contributed by atoms with Crippen molar-refractivity contribution in [2.75, 3.05) is 6.61 Å². The summed E-state index contributed by atoms with van der Waals surface area (Å²) in [6.07, 6.45) is 1.44. The second-order valence-electron chi connectivity index (χ2n) is 3.58. The van der Waals surface area contributed by atoms with Crippen molar-refractivity contribution in [1.29, 1.82) is 0 Å². The number of rotatable bonds is 5. The lowest BCUT2D eigenvalue weighted by molar-refractivity contribution is -0.143. The minimum Gasteiger partial charge on any atom is -0.466 e. The maximum Gasteiger partial charge on any atom is 0.306 e. The van der Waals surface area contributed by atoms with Gasteiger partial charge in [0, 0.05) is 6.42 Å². The summed E-state index contributed by atoms with van der Waals surface area (Å²) in [5.41, 5.74) is 1.54. The number of hydrogen-bond donors (Lipinski definition) is 0. The maximum absolute atomic E-state index is 13.5. The van der Waals surface area contributed by atoms with Crippen LogP contribution in [0.1, 0.15) is 31.4 Å². The van der Waals surface area contributed by atoms with Crippen molar-refractivity contribution in [2.45, 2.75) is 33.1 Å².